The lowest BCUT2D eigenvalue weighted by Crippen LogP contribution is -2.41. The fourth-order valence-electron chi connectivity index (χ4n) is 4.32. The molecule has 0 saturated carbocycles. The number of piperidine rings is 1. The van der Waals surface area contributed by atoms with Crippen molar-refractivity contribution in [2.45, 2.75) is 39.3 Å². The Morgan fingerprint density at radius 1 is 1.22 bits per heavy atom. The van der Waals surface area contributed by atoms with Gasteiger partial charge >= 0.3 is 0 Å². The Bertz CT molecular complexity index is 1130. The van der Waals surface area contributed by atoms with E-state index in [1.807, 2.05) is 57.4 Å². The number of nitrogens with one attached hydrogen (secondary N) is 1. The average Bonchev–Trinajstić information content (AvgIpc) is 3.14. The summed E-state index contributed by atoms with van der Waals surface area (Å²) in [4.78, 5) is 27.5. The van der Waals surface area contributed by atoms with Crippen LogP contribution in [0.25, 0.3) is 0 Å². The third kappa shape index (κ3) is 4.90. The first-order chi connectivity index (χ1) is 15.4. The zero-order chi connectivity index (χ0) is 22.7. The summed E-state index contributed by atoms with van der Waals surface area (Å²) in [5.74, 6) is 0.0499. The molecular weight excluding hydrogens is 404 g/mol. The van der Waals surface area contributed by atoms with Gasteiger partial charge in [-0.3, -0.25) is 14.3 Å². The van der Waals surface area contributed by atoms with Crippen molar-refractivity contribution in [1.29, 1.82) is 0 Å². The number of hydrogen-bond donors (Lipinski definition) is 1. The van der Waals surface area contributed by atoms with Crippen LogP contribution in [0.2, 0.25) is 0 Å². The highest BCUT2D eigenvalue weighted by molar-refractivity contribution is 5.79. The number of carbonyl (C=O) groups excluding carboxylic acids is 1. The van der Waals surface area contributed by atoms with Crippen LogP contribution in [0.15, 0.2) is 53.6 Å². The first-order valence-electron chi connectivity index (χ1n) is 11.1. The van der Waals surface area contributed by atoms with Gasteiger partial charge in [0.1, 0.15) is 0 Å². The highest BCUT2D eigenvalue weighted by atomic mass is 16.2. The Hall–Kier alpha value is -3.42. The third-order valence-electron chi connectivity index (χ3n) is 6.14. The number of aromatic nitrogens is 4. The molecule has 168 valence electrons. The predicted molar refractivity (Wildman–Crippen MR) is 123 cm³/mol. The Morgan fingerprint density at radius 2 is 1.94 bits per heavy atom. The summed E-state index contributed by atoms with van der Waals surface area (Å²) in [7, 11) is 1.88. The molecule has 1 saturated heterocycles. The van der Waals surface area contributed by atoms with Crippen molar-refractivity contribution in [3.8, 4) is 0 Å². The maximum atomic E-state index is 12.8. The summed E-state index contributed by atoms with van der Waals surface area (Å²) in [6.07, 6.45) is 5.20. The smallest absolute Gasteiger partial charge is 0.269 e. The van der Waals surface area contributed by atoms with Crippen molar-refractivity contribution in [3.63, 3.8) is 0 Å². The second-order valence-electron chi connectivity index (χ2n) is 8.53. The van der Waals surface area contributed by atoms with Gasteiger partial charge in [-0.05, 0) is 32.3 Å². The van der Waals surface area contributed by atoms with Gasteiger partial charge < -0.3 is 10.2 Å². The van der Waals surface area contributed by atoms with Crippen molar-refractivity contribution >= 4 is 11.6 Å². The lowest BCUT2D eigenvalue weighted by Gasteiger charge is -2.33. The molecule has 2 aromatic heterocycles. The summed E-state index contributed by atoms with van der Waals surface area (Å²) in [5, 5.41) is 11.9. The SMILES string of the molecule is Cc1nn(C)cc1[C@H](C)NC(=O)C1CCN(c2cnn(Cc3ccccc3)c(=O)c2)CC1. The van der Waals surface area contributed by atoms with Gasteiger partial charge in [0.25, 0.3) is 5.56 Å². The number of aryl methyl sites for hydroxylation is 2. The topological polar surface area (TPSA) is 85.1 Å². The molecule has 1 aromatic carbocycles. The first kappa shape index (κ1) is 21.8. The molecule has 3 aromatic rings. The summed E-state index contributed by atoms with van der Waals surface area (Å²) < 4.78 is 3.24. The second kappa shape index (κ2) is 9.38. The molecule has 1 atom stereocenters. The van der Waals surface area contributed by atoms with Crippen LogP contribution in [0.3, 0.4) is 0 Å². The van der Waals surface area contributed by atoms with Crippen LogP contribution >= 0.6 is 0 Å². The molecule has 0 aliphatic carbocycles. The lowest BCUT2D eigenvalue weighted by molar-refractivity contribution is -0.126. The molecule has 1 aliphatic heterocycles. The molecule has 0 spiro atoms. The fourth-order valence-corrected chi connectivity index (χ4v) is 4.32. The van der Waals surface area contributed by atoms with Crippen LogP contribution in [0.4, 0.5) is 5.69 Å². The number of rotatable bonds is 6. The van der Waals surface area contributed by atoms with Gasteiger partial charge in [-0.2, -0.15) is 10.2 Å². The number of hydrogen-bond acceptors (Lipinski definition) is 5. The maximum absolute atomic E-state index is 12.8. The van der Waals surface area contributed by atoms with Gasteiger partial charge in [-0.1, -0.05) is 30.3 Å². The first-order valence-corrected chi connectivity index (χ1v) is 11.1. The van der Waals surface area contributed by atoms with Crippen LogP contribution in [0, 0.1) is 12.8 Å². The predicted octanol–water partition coefficient (Wildman–Crippen LogP) is 2.43. The second-order valence-corrected chi connectivity index (χ2v) is 8.53. The fraction of sp³-hybridized carbons (Fsp3) is 0.417. The molecule has 4 rings (SSSR count). The van der Waals surface area contributed by atoms with Gasteiger partial charge in [-0.25, -0.2) is 4.68 Å². The van der Waals surface area contributed by atoms with Gasteiger partial charge in [0.2, 0.25) is 5.91 Å². The number of carbonyl (C=O) groups is 1. The summed E-state index contributed by atoms with van der Waals surface area (Å²) in [6, 6.07) is 11.4. The molecule has 1 N–H and O–H groups in total. The largest absolute Gasteiger partial charge is 0.370 e. The minimum absolute atomic E-state index is 0.0305. The molecule has 0 unspecified atom stereocenters. The van der Waals surface area contributed by atoms with E-state index in [1.165, 1.54) is 4.68 Å². The lowest BCUT2D eigenvalue weighted by atomic mass is 9.95. The van der Waals surface area contributed by atoms with Crippen LogP contribution < -0.4 is 15.8 Å². The summed E-state index contributed by atoms with van der Waals surface area (Å²) in [6.45, 7) is 5.85. The van der Waals surface area contributed by atoms with Crippen molar-refractivity contribution in [3.05, 3.63) is 76.0 Å². The number of nitrogens with zero attached hydrogens (tertiary/aromatic N) is 5. The molecule has 32 heavy (non-hydrogen) atoms. The summed E-state index contributed by atoms with van der Waals surface area (Å²) >= 11 is 0. The van der Waals surface area contributed by atoms with Crippen LogP contribution in [-0.4, -0.2) is 38.6 Å². The van der Waals surface area contributed by atoms with Crippen LogP contribution in [0.1, 0.15) is 42.6 Å². The van der Waals surface area contributed by atoms with Gasteiger partial charge in [0.05, 0.1) is 30.2 Å². The minimum Gasteiger partial charge on any atom is -0.370 e. The Balaban J connectivity index is 1.33. The molecule has 0 radical (unpaired) electrons. The zero-order valence-electron chi connectivity index (χ0n) is 18.9. The van der Waals surface area contributed by atoms with Gasteiger partial charge in [-0.15, -0.1) is 0 Å². The van der Waals surface area contributed by atoms with E-state index < -0.39 is 0 Å². The zero-order valence-corrected chi connectivity index (χ0v) is 18.9. The Labute approximate surface area is 187 Å². The number of amides is 1. The molecule has 8 nitrogen and oxygen atoms in total. The molecule has 1 amide bonds. The molecule has 1 fully saturated rings. The van der Waals surface area contributed by atoms with E-state index >= 15 is 0 Å². The standard InChI is InChI=1S/C24H30N6O2/c1-17(22-16-28(3)27-18(22)2)26-24(32)20-9-11-29(12-10-20)21-13-23(31)30(25-14-21)15-19-7-5-4-6-8-19/h4-8,13-14,16-17,20H,9-12,15H2,1-3H3,(H,26,32)/t17-/m0/s1. The molecule has 0 bridgehead atoms. The Kier molecular flexibility index (Phi) is 6.39. The van der Waals surface area contributed by atoms with Gasteiger partial charge in [0.15, 0.2) is 0 Å². The van der Waals surface area contributed by atoms with E-state index in [4.69, 9.17) is 0 Å². The van der Waals surface area contributed by atoms with Gasteiger partial charge in [0, 0.05) is 43.9 Å². The quantitative estimate of drug-likeness (QED) is 0.644. The normalized spacial score (nSPS) is 15.5. The molecular formula is C24H30N6O2. The molecule has 8 heteroatoms. The van der Waals surface area contributed by atoms with E-state index in [-0.39, 0.29) is 23.4 Å². The van der Waals surface area contributed by atoms with Crippen molar-refractivity contribution in [2.24, 2.45) is 13.0 Å². The highest BCUT2D eigenvalue weighted by Gasteiger charge is 2.27. The highest BCUT2D eigenvalue weighted by Crippen LogP contribution is 2.23. The van der Waals surface area contributed by atoms with Crippen molar-refractivity contribution in [2.75, 3.05) is 18.0 Å². The minimum atomic E-state index is -0.119. The maximum Gasteiger partial charge on any atom is 0.269 e. The Morgan fingerprint density at radius 3 is 2.56 bits per heavy atom. The third-order valence-corrected chi connectivity index (χ3v) is 6.14. The number of anilines is 1. The monoisotopic (exact) mass is 434 g/mol. The average molecular weight is 435 g/mol. The van der Waals surface area contributed by atoms with Crippen LogP contribution in [0.5, 0.6) is 0 Å². The molecule has 3 heterocycles. The van der Waals surface area contributed by atoms with E-state index in [1.54, 1.807) is 16.9 Å². The molecule has 1 aliphatic rings. The van der Waals surface area contributed by atoms with Crippen LogP contribution in [-0.2, 0) is 18.4 Å². The number of benzene rings is 1. The van der Waals surface area contributed by atoms with E-state index in [0.717, 1.165) is 48.4 Å². The van der Waals surface area contributed by atoms with Crippen molar-refractivity contribution < 1.29 is 4.79 Å². The van der Waals surface area contributed by atoms with E-state index in [0.29, 0.717) is 6.54 Å². The van der Waals surface area contributed by atoms with Crippen molar-refractivity contribution in [1.82, 2.24) is 24.9 Å². The summed E-state index contributed by atoms with van der Waals surface area (Å²) in [5.41, 5.74) is 3.71. The van der Waals surface area contributed by atoms with E-state index in [9.17, 15) is 9.59 Å². The van der Waals surface area contributed by atoms with E-state index in [2.05, 4.69) is 20.4 Å².